The standard InChI is InChI=1S/C21H21Cl2N5O2S/c1-3-28-19(13(2)24-20(30)16-9-4-5-10-17(16)23)26-27-21(28)31-12-18(29)25-15-8-6-7-14(22)11-15/h4-11,13H,3,12H2,1-2H3,(H,24,30)(H,25,29)/t13-/m0/s1. The highest BCUT2D eigenvalue weighted by molar-refractivity contribution is 7.99. The molecule has 1 atom stereocenters. The van der Waals surface area contributed by atoms with Gasteiger partial charge in [-0.3, -0.25) is 9.59 Å². The SMILES string of the molecule is CCn1c(SCC(=O)Nc2cccc(Cl)c2)nnc1[C@H](C)NC(=O)c1ccccc1Cl. The van der Waals surface area contributed by atoms with Crippen LogP contribution in [0.2, 0.25) is 10.0 Å². The second-order valence-electron chi connectivity index (χ2n) is 6.61. The van der Waals surface area contributed by atoms with Crippen LogP contribution in [0.5, 0.6) is 0 Å². The first-order valence-corrected chi connectivity index (χ1v) is 11.3. The maximum atomic E-state index is 12.5. The van der Waals surface area contributed by atoms with Crippen LogP contribution in [-0.2, 0) is 11.3 Å². The van der Waals surface area contributed by atoms with E-state index in [9.17, 15) is 9.59 Å². The number of hydrogen-bond acceptors (Lipinski definition) is 5. The predicted molar refractivity (Wildman–Crippen MR) is 124 cm³/mol. The molecule has 7 nitrogen and oxygen atoms in total. The van der Waals surface area contributed by atoms with Gasteiger partial charge in [-0.25, -0.2) is 0 Å². The number of halogens is 2. The normalized spacial score (nSPS) is 11.7. The molecule has 1 heterocycles. The average molecular weight is 478 g/mol. The summed E-state index contributed by atoms with van der Waals surface area (Å²) in [5, 5.41) is 15.6. The molecule has 1 aromatic heterocycles. The van der Waals surface area contributed by atoms with Crippen LogP contribution in [0, 0.1) is 0 Å². The summed E-state index contributed by atoms with van der Waals surface area (Å²) in [6.07, 6.45) is 0. The number of aromatic nitrogens is 3. The van der Waals surface area contributed by atoms with Crippen LogP contribution >= 0.6 is 35.0 Å². The van der Waals surface area contributed by atoms with E-state index in [0.717, 1.165) is 0 Å². The molecule has 0 aliphatic rings. The quantitative estimate of drug-likeness (QED) is 0.453. The zero-order valence-electron chi connectivity index (χ0n) is 16.9. The number of thioether (sulfide) groups is 1. The monoisotopic (exact) mass is 477 g/mol. The number of hydrogen-bond donors (Lipinski definition) is 2. The first-order valence-electron chi connectivity index (χ1n) is 9.55. The summed E-state index contributed by atoms with van der Waals surface area (Å²) in [7, 11) is 0. The number of nitrogens with zero attached hydrogens (tertiary/aromatic N) is 3. The molecule has 162 valence electrons. The Balaban J connectivity index is 1.63. The van der Waals surface area contributed by atoms with Crippen molar-refractivity contribution in [3.05, 3.63) is 70.0 Å². The van der Waals surface area contributed by atoms with Gasteiger partial charge in [0, 0.05) is 17.3 Å². The van der Waals surface area contributed by atoms with Crippen molar-refractivity contribution in [2.45, 2.75) is 31.6 Å². The van der Waals surface area contributed by atoms with Crippen molar-refractivity contribution in [2.24, 2.45) is 0 Å². The van der Waals surface area contributed by atoms with Gasteiger partial charge in [0.15, 0.2) is 11.0 Å². The molecular formula is C21H21Cl2N5O2S. The Hall–Kier alpha value is -2.55. The van der Waals surface area contributed by atoms with Crippen molar-refractivity contribution in [2.75, 3.05) is 11.1 Å². The second-order valence-corrected chi connectivity index (χ2v) is 8.39. The lowest BCUT2D eigenvalue weighted by atomic mass is 10.2. The van der Waals surface area contributed by atoms with E-state index in [-0.39, 0.29) is 17.6 Å². The Morgan fingerprint density at radius 1 is 1.13 bits per heavy atom. The molecule has 0 unspecified atom stereocenters. The first kappa shape index (κ1) is 23.1. The lowest BCUT2D eigenvalue weighted by Crippen LogP contribution is -2.29. The van der Waals surface area contributed by atoms with Gasteiger partial charge in [-0.15, -0.1) is 10.2 Å². The third-order valence-corrected chi connectivity index (χ3v) is 5.89. The third-order valence-electron chi connectivity index (χ3n) is 4.36. The molecular weight excluding hydrogens is 457 g/mol. The molecule has 10 heteroatoms. The molecule has 0 aliphatic heterocycles. The average Bonchev–Trinajstić information content (AvgIpc) is 3.15. The van der Waals surface area contributed by atoms with Crippen LogP contribution in [0.25, 0.3) is 0 Å². The van der Waals surface area contributed by atoms with E-state index < -0.39 is 6.04 Å². The van der Waals surface area contributed by atoms with E-state index in [4.69, 9.17) is 23.2 Å². The highest BCUT2D eigenvalue weighted by atomic mass is 35.5. The molecule has 0 saturated heterocycles. The zero-order chi connectivity index (χ0) is 22.4. The van der Waals surface area contributed by atoms with Crippen LogP contribution in [0.15, 0.2) is 53.7 Å². The van der Waals surface area contributed by atoms with Gasteiger partial charge in [0.05, 0.1) is 22.4 Å². The Labute approximate surface area is 194 Å². The number of carbonyl (C=O) groups is 2. The largest absolute Gasteiger partial charge is 0.342 e. The van der Waals surface area contributed by atoms with Gasteiger partial charge in [0.2, 0.25) is 5.91 Å². The van der Waals surface area contributed by atoms with Crippen LogP contribution < -0.4 is 10.6 Å². The van der Waals surface area contributed by atoms with Crippen molar-refractivity contribution >= 4 is 52.5 Å². The van der Waals surface area contributed by atoms with Gasteiger partial charge in [-0.05, 0) is 44.2 Å². The fraction of sp³-hybridized carbons (Fsp3) is 0.238. The maximum Gasteiger partial charge on any atom is 0.253 e. The second kappa shape index (κ2) is 10.7. The van der Waals surface area contributed by atoms with Crippen molar-refractivity contribution in [3.63, 3.8) is 0 Å². The topological polar surface area (TPSA) is 88.9 Å². The minimum Gasteiger partial charge on any atom is -0.342 e. The van der Waals surface area contributed by atoms with Crippen molar-refractivity contribution in [3.8, 4) is 0 Å². The highest BCUT2D eigenvalue weighted by Gasteiger charge is 2.21. The molecule has 0 spiro atoms. The fourth-order valence-corrected chi connectivity index (χ4v) is 4.12. The number of rotatable bonds is 8. The summed E-state index contributed by atoms with van der Waals surface area (Å²) in [4.78, 5) is 24.8. The molecule has 0 saturated carbocycles. The molecule has 2 amide bonds. The maximum absolute atomic E-state index is 12.5. The van der Waals surface area contributed by atoms with Crippen molar-refractivity contribution < 1.29 is 9.59 Å². The van der Waals surface area contributed by atoms with Gasteiger partial charge >= 0.3 is 0 Å². The summed E-state index contributed by atoms with van der Waals surface area (Å²) in [6.45, 7) is 4.36. The smallest absolute Gasteiger partial charge is 0.253 e. The van der Waals surface area contributed by atoms with E-state index in [2.05, 4.69) is 20.8 Å². The minimum atomic E-state index is -0.397. The summed E-state index contributed by atoms with van der Waals surface area (Å²) >= 11 is 13.3. The lowest BCUT2D eigenvalue weighted by molar-refractivity contribution is -0.113. The van der Waals surface area contributed by atoms with Gasteiger partial charge in [-0.2, -0.15) is 0 Å². The van der Waals surface area contributed by atoms with E-state index in [1.807, 2.05) is 18.4 Å². The molecule has 0 aliphatic carbocycles. The first-order chi connectivity index (χ1) is 14.9. The Bertz CT molecular complexity index is 1090. The van der Waals surface area contributed by atoms with Gasteiger partial charge in [0.1, 0.15) is 0 Å². The van der Waals surface area contributed by atoms with Gasteiger partial charge in [-0.1, -0.05) is 53.2 Å². The predicted octanol–water partition coefficient (Wildman–Crippen LogP) is 4.83. The summed E-state index contributed by atoms with van der Waals surface area (Å²) < 4.78 is 1.87. The number of benzene rings is 2. The minimum absolute atomic E-state index is 0.158. The summed E-state index contributed by atoms with van der Waals surface area (Å²) in [5.41, 5.74) is 1.03. The summed E-state index contributed by atoms with van der Waals surface area (Å²) in [5.74, 6) is 0.282. The molecule has 0 bridgehead atoms. The molecule has 3 aromatic rings. The summed E-state index contributed by atoms with van der Waals surface area (Å²) in [6, 6.07) is 13.4. The van der Waals surface area contributed by atoms with E-state index in [1.54, 1.807) is 48.5 Å². The number of nitrogens with one attached hydrogen (secondary N) is 2. The molecule has 3 rings (SSSR count). The Kier molecular flexibility index (Phi) is 7.95. The van der Waals surface area contributed by atoms with Crippen LogP contribution in [0.4, 0.5) is 5.69 Å². The Morgan fingerprint density at radius 3 is 2.61 bits per heavy atom. The number of anilines is 1. The lowest BCUT2D eigenvalue weighted by Gasteiger charge is -2.15. The highest BCUT2D eigenvalue weighted by Crippen LogP contribution is 2.22. The van der Waals surface area contributed by atoms with Crippen LogP contribution in [-0.4, -0.2) is 32.3 Å². The van der Waals surface area contributed by atoms with Crippen LogP contribution in [0.1, 0.15) is 36.1 Å². The van der Waals surface area contributed by atoms with E-state index >= 15 is 0 Å². The van der Waals surface area contributed by atoms with E-state index in [1.165, 1.54) is 11.8 Å². The van der Waals surface area contributed by atoms with E-state index in [0.29, 0.717) is 38.8 Å². The third kappa shape index (κ3) is 6.00. The number of amides is 2. The zero-order valence-corrected chi connectivity index (χ0v) is 19.3. The Morgan fingerprint density at radius 2 is 1.90 bits per heavy atom. The van der Waals surface area contributed by atoms with Gasteiger partial charge < -0.3 is 15.2 Å². The van der Waals surface area contributed by atoms with Crippen molar-refractivity contribution in [1.29, 1.82) is 0 Å². The number of carbonyl (C=O) groups excluding carboxylic acids is 2. The van der Waals surface area contributed by atoms with Gasteiger partial charge in [0.25, 0.3) is 5.91 Å². The van der Waals surface area contributed by atoms with Crippen LogP contribution in [0.3, 0.4) is 0 Å². The molecule has 2 aromatic carbocycles. The molecule has 2 N–H and O–H groups in total. The molecule has 0 fully saturated rings. The van der Waals surface area contributed by atoms with Crippen molar-refractivity contribution in [1.82, 2.24) is 20.1 Å². The molecule has 31 heavy (non-hydrogen) atoms. The molecule has 0 radical (unpaired) electrons. The fourth-order valence-electron chi connectivity index (χ4n) is 2.90.